The van der Waals surface area contributed by atoms with Gasteiger partial charge in [0.1, 0.15) is 11.6 Å². The Morgan fingerprint density at radius 2 is 2.31 bits per heavy atom. The quantitative estimate of drug-likeness (QED) is 0.458. The number of nitrogens with two attached hydrogens (primary N) is 1. The van der Waals surface area contributed by atoms with Gasteiger partial charge in [0.15, 0.2) is 0 Å². The Hall–Kier alpha value is -1.39. The van der Waals surface area contributed by atoms with Crippen LogP contribution in [0.2, 0.25) is 0 Å². The van der Waals surface area contributed by atoms with Crippen molar-refractivity contribution in [2.24, 2.45) is 5.84 Å². The van der Waals surface area contributed by atoms with Crippen LogP contribution in [-0.4, -0.2) is 7.11 Å². The van der Waals surface area contributed by atoms with Crippen molar-refractivity contribution in [1.29, 1.82) is 0 Å². The molecule has 16 heavy (non-hydrogen) atoms. The zero-order valence-electron chi connectivity index (χ0n) is 9.59. The second-order valence-corrected chi connectivity index (χ2v) is 3.77. The predicted octanol–water partition coefficient (Wildman–Crippen LogP) is 2.30. The summed E-state index contributed by atoms with van der Waals surface area (Å²) in [7, 11) is 1.50. The summed E-state index contributed by atoms with van der Waals surface area (Å²) >= 11 is 0. The molecule has 1 aromatic rings. The van der Waals surface area contributed by atoms with Gasteiger partial charge in [-0.3, -0.25) is 11.3 Å². The molecule has 3 N–H and O–H groups in total. The molecule has 3 nitrogen and oxygen atoms in total. The Morgan fingerprint density at radius 3 is 2.75 bits per heavy atom. The van der Waals surface area contributed by atoms with Gasteiger partial charge in [0.2, 0.25) is 0 Å². The fraction of sp³-hybridized carbons (Fsp3) is 0.333. The smallest absolute Gasteiger partial charge is 0.131 e. The van der Waals surface area contributed by atoms with Crippen LogP contribution in [-0.2, 0) is 0 Å². The van der Waals surface area contributed by atoms with E-state index in [9.17, 15) is 4.39 Å². The molecule has 0 saturated heterocycles. The normalized spacial score (nSPS) is 12.2. The van der Waals surface area contributed by atoms with Gasteiger partial charge < -0.3 is 4.74 Å². The number of hydrazine groups is 1. The molecule has 0 aliphatic rings. The Morgan fingerprint density at radius 1 is 1.62 bits per heavy atom. The van der Waals surface area contributed by atoms with Crippen LogP contribution in [0.25, 0.3) is 0 Å². The third-order valence-electron chi connectivity index (χ3n) is 2.34. The monoisotopic (exact) mass is 224 g/mol. The number of hydrogen-bond acceptors (Lipinski definition) is 3. The summed E-state index contributed by atoms with van der Waals surface area (Å²) in [5.74, 6) is 5.57. The van der Waals surface area contributed by atoms with Crippen LogP contribution < -0.4 is 16.0 Å². The molecule has 0 aliphatic heterocycles. The minimum Gasteiger partial charge on any atom is -0.497 e. The molecule has 4 heteroatoms. The van der Waals surface area contributed by atoms with E-state index in [0.717, 1.165) is 5.57 Å². The minimum atomic E-state index is -0.330. The molecule has 1 atom stereocenters. The first-order valence-electron chi connectivity index (χ1n) is 5.02. The Bertz CT molecular complexity index is 379. The maximum Gasteiger partial charge on any atom is 0.131 e. The zero-order valence-corrected chi connectivity index (χ0v) is 9.59. The van der Waals surface area contributed by atoms with E-state index >= 15 is 0 Å². The summed E-state index contributed by atoms with van der Waals surface area (Å²) in [6.45, 7) is 5.67. The van der Waals surface area contributed by atoms with Crippen LogP contribution in [0.3, 0.4) is 0 Å². The Kier molecular flexibility index (Phi) is 4.46. The van der Waals surface area contributed by atoms with Crippen molar-refractivity contribution in [2.45, 2.75) is 19.4 Å². The van der Waals surface area contributed by atoms with Gasteiger partial charge in [0.05, 0.1) is 13.2 Å². The molecule has 0 aromatic heterocycles. The fourth-order valence-corrected chi connectivity index (χ4v) is 1.52. The van der Waals surface area contributed by atoms with Crippen molar-refractivity contribution in [3.05, 3.63) is 41.7 Å². The van der Waals surface area contributed by atoms with Crippen molar-refractivity contribution >= 4 is 0 Å². The second kappa shape index (κ2) is 5.63. The number of hydrogen-bond donors (Lipinski definition) is 2. The molecule has 0 fully saturated rings. The van der Waals surface area contributed by atoms with Crippen LogP contribution in [0.15, 0.2) is 30.4 Å². The number of methoxy groups -OCH3 is 1. The molecule has 88 valence electrons. The van der Waals surface area contributed by atoms with Crippen molar-refractivity contribution in [3.8, 4) is 5.75 Å². The van der Waals surface area contributed by atoms with Gasteiger partial charge in [-0.05, 0) is 19.4 Å². The Balaban J connectivity index is 2.96. The summed E-state index contributed by atoms with van der Waals surface area (Å²) in [4.78, 5) is 0. The Labute approximate surface area is 95.1 Å². The molecule has 0 spiro atoms. The molecule has 0 radical (unpaired) electrons. The molecule has 0 aliphatic carbocycles. The van der Waals surface area contributed by atoms with E-state index in [1.54, 1.807) is 12.1 Å². The van der Waals surface area contributed by atoms with Gasteiger partial charge in [-0.25, -0.2) is 4.39 Å². The van der Waals surface area contributed by atoms with Gasteiger partial charge >= 0.3 is 0 Å². The number of benzene rings is 1. The number of rotatable bonds is 5. The minimum absolute atomic E-state index is 0.261. The van der Waals surface area contributed by atoms with E-state index < -0.39 is 0 Å². The van der Waals surface area contributed by atoms with Crippen LogP contribution in [0.4, 0.5) is 4.39 Å². The first kappa shape index (κ1) is 12.7. The molecule has 0 heterocycles. The standard InChI is InChI=1S/C12H17FN2O/c1-8(2)6-12(15-14)10-5-4-9(16-3)7-11(10)13/h4-5,7,12,15H,1,6,14H2,2-3H3. The first-order chi connectivity index (χ1) is 7.58. The lowest BCUT2D eigenvalue weighted by atomic mass is 10.0. The number of nitrogens with one attached hydrogen (secondary N) is 1. The summed E-state index contributed by atoms with van der Waals surface area (Å²) in [6.07, 6.45) is 0.597. The molecule has 1 unspecified atom stereocenters. The molecular weight excluding hydrogens is 207 g/mol. The van der Waals surface area contributed by atoms with Crippen molar-refractivity contribution in [3.63, 3.8) is 0 Å². The predicted molar refractivity (Wildman–Crippen MR) is 62.4 cm³/mol. The summed E-state index contributed by atoms with van der Waals surface area (Å²) < 4.78 is 18.7. The highest BCUT2D eigenvalue weighted by Gasteiger charge is 2.14. The van der Waals surface area contributed by atoms with E-state index in [1.807, 2.05) is 6.92 Å². The molecule has 0 saturated carbocycles. The van der Waals surface area contributed by atoms with Crippen molar-refractivity contribution < 1.29 is 9.13 Å². The summed E-state index contributed by atoms with van der Waals surface area (Å²) in [5.41, 5.74) is 4.05. The summed E-state index contributed by atoms with van der Waals surface area (Å²) in [6, 6.07) is 4.46. The molecule has 1 aromatic carbocycles. The van der Waals surface area contributed by atoms with Gasteiger partial charge in [-0.1, -0.05) is 11.6 Å². The maximum absolute atomic E-state index is 13.7. The number of ether oxygens (including phenoxy) is 1. The average molecular weight is 224 g/mol. The molecule has 0 bridgehead atoms. The van der Waals surface area contributed by atoms with Crippen LogP contribution in [0, 0.1) is 5.82 Å². The molecule has 1 rings (SSSR count). The van der Waals surface area contributed by atoms with E-state index in [2.05, 4.69) is 12.0 Å². The average Bonchev–Trinajstić information content (AvgIpc) is 2.25. The van der Waals surface area contributed by atoms with Crippen LogP contribution >= 0.6 is 0 Å². The maximum atomic E-state index is 13.7. The third-order valence-corrected chi connectivity index (χ3v) is 2.34. The fourth-order valence-electron chi connectivity index (χ4n) is 1.52. The first-order valence-corrected chi connectivity index (χ1v) is 5.02. The van der Waals surface area contributed by atoms with Crippen molar-refractivity contribution in [1.82, 2.24) is 5.43 Å². The van der Waals surface area contributed by atoms with Crippen LogP contribution in [0.1, 0.15) is 24.9 Å². The van der Waals surface area contributed by atoms with Gasteiger partial charge in [0, 0.05) is 11.6 Å². The lowest BCUT2D eigenvalue weighted by molar-refractivity contribution is 0.409. The largest absolute Gasteiger partial charge is 0.497 e. The SMILES string of the molecule is C=C(C)CC(NN)c1ccc(OC)cc1F. The number of halogens is 1. The van der Waals surface area contributed by atoms with Crippen LogP contribution in [0.5, 0.6) is 5.75 Å². The van der Waals surface area contributed by atoms with Gasteiger partial charge in [-0.2, -0.15) is 0 Å². The molecular formula is C12H17FN2O. The van der Waals surface area contributed by atoms with Gasteiger partial charge in [-0.15, -0.1) is 6.58 Å². The topological polar surface area (TPSA) is 47.3 Å². The summed E-state index contributed by atoms with van der Waals surface area (Å²) in [5, 5.41) is 0. The van der Waals surface area contributed by atoms with E-state index in [0.29, 0.717) is 17.7 Å². The van der Waals surface area contributed by atoms with Gasteiger partial charge in [0.25, 0.3) is 0 Å². The van der Waals surface area contributed by atoms with E-state index in [4.69, 9.17) is 10.6 Å². The lowest BCUT2D eigenvalue weighted by Gasteiger charge is -2.17. The highest BCUT2D eigenvalue weighted by atomic mass is 19.1. The molecule has 0 amide bonds. The third kappa shape index (κ3) is 3.05. The second-order valence-electron chi connectivity index (χ2n) is 3.77. The zero-order chi connectivity index (χ0) is 12.1. The lowest BCUT2D eigenvalue weighted by Crippen LogP contribution is -2.28. The van der Waals surface area contributed by atoms with E-state index in [-0.39, 0.29) is 11.9 Å². The van der Waals surface area contributed by atoms with Crippen molar-refractivity contribution in [2.75, 3.05) is 7.11 Å². The van der Waals surface area contributed by atoms with E-state index in [1.165, 1.54) is 13.2 Å². The highest BCUT2D eigenvalue weighted by molar-refractivity contribution is 5.31. The highest BCUT2D eigenvalue weighted by Crippen LogP contribution is 2.25.